The maximum atomic E-state index is 5.50. The van der Waals surface area contributed by atoms with E-state index in [4.69, 9.17) is 4.42 Å². The summed E-state index contributed by atoms with van der Waals surface area (Å²) in [6.45, 7) is 6.02. The zero-order chi connectivity index (χ0) is 12.7. The summed E-state index contributed by atoms with van der Waals surface area (Å²) in [4.78, 5) is 8.55. The van der Waals surface area contributed by atoms with Crippen LogP contribution in [0.1, 0.15) is 31.4 Å². The number of oxazole rings is 1. The Balaban J connectivity index is 2.11. The summed E-state index contributed by atoms with van der Waals surface area (Å²) in [6, 6.07) is 1.97. The van der Waals surface area contributed by atoms with E-state index in [1.54, 1.807) is 6.20 Å². The molecule has 0 amide bonds. The van der Waals surface area contributed by atoms with Crippen LogP contribution >= 0.6 is 0 Å². The average molecular weight is 242 g/mol. The summed E-state index contributed by atoms with van der Waals surface area (Å²) in [5.74, 6) is 2.55. The highest BCUT2D eigenvalue weighted by Gasteiger charge is 2.10. The van der Waals surface area contributed by atoms with E-state index in [0.29, 0.717) is 11.8 Å². The molecule has 0 bridgehead atoms. The molecule has 3 heterocycles. The standard InChI is InChI=1S/C13H14N4O/c1-8(2)12-14-6-11-4-10(7-17(11)16-12)13-15-5-9(3)18-13/h4-8H,1-3H3. The fourth-order valence-corrected chi connectivity index (χ4v) is 1.79. The lowest BCUT2D eigenvalue weighted by Gasteiger charge is -2.02. The lowest BCUT2D eigenvalue weighted by molar-refractivity contribution is 0.542. The molecule has 0 aliphatic rings. The predicted octanol–water partition coefficient (Wildman–Crippen LogP) is 2.82. The van der Waals surface area contributed by atoms with Crippen LogP contribution in [-0.4, -0.2) is 19.6 Å². The van der Waals surface area contributed by atoms with Crippen LogP contribution in [0.2, 0.25) is 0 Å². The third kappa shape index (κ3) is 1.77. The minimum atomic E-state index is 0.309. The Kier molecular flexibility index (Phi) is 2.40. The Labute approximate surface area is 104 Å². The van der Waals surface area contributed by atoms with Gasteiger partial charge in [0.05, 0.1) is 23.5 Å². The molecule has 0 fully saturated rings. The number of hydrogen-bond acceptors (Lipinski definition) is 4. The molecule has 0 spiro atoms. The van der Waals surface area contributed by atoms with Crippen LogP contribution in [0, 0.1) is 6.92 Å². The number of hydrogen-bond donors (Lipinski definition) is 0. The zero-order valence-corrected chi connectivity index (χ0v) is 10.6. The van der Waals surface area contributed by atoms with E-state index < -0.39 is 0 Å². The van der Waals surface area contributed by atoms with Crippen LogP contribution < -0.4 is 0 Å². The van der Waals surface area contributed by atoms with E-state index in [1.807, 2.05) is 29.9 Å². The second-order valence-corrected chi connectivity index (χ2v) is 4.65. The van der Waals surface area contributed by atoms with Crippen LogP contribution in [-0.2, 0) is 0 Å². The van der Waals surface area contributed by atoms with Gasteiger partial charge in [0.25, 0.3) is 0 Å². The first-order chi connectivity index (χ1) is 8.63. The van der Waals surface area contributed by atoms with Gasteiger partial charge >= 0.3 is 0 Å². The van der Waals surface area contributed by atoms with Crippen molar-refractivity contribution in [1.29, 1.82) is 0 Å². The van der Waals surface area contributed by atoms with Crippen molar-refractivity contribution in [3.05, 3.63) is 36.2 Å². The third-order valence-electron chi connectivity index (χ3n) is 2.75. The second-order valence-electron chi connectivity index (χ2n) is 4.65. The smallest absolute Gasteiger partial charge is 0.227 e. The molecule has 5 heteroatoms. The molecule has 0 unspecified atom stereocenters. The molecule has 0 aliphatic carbocycles. The van der Waals surface area contributed by atoms with Crippen LogP contribution in [0.5, 0.6) is 0 Å². The van der Waals surface area contributed by atoms with Crippen LogP contribution in [0.15, 0.2) is 29.1 Å². The van der Waals surface area contributed by atoms with Crippen LogP contribution in [0.25, 0.3) is 17.0 Å². The second kappa shape index (κ2) is 3.94. The zero-order valence-electron chi connectivity index (χ0n) is 10.6. The van der Waals surface area contributed by atoms with Crippen LogP contribution in [0.4, 0.5) is 0 Å². The van der Waals surface area contributed by atoms with Crippen LogP contribution in [0.3, 0.4) is 0 Å². The van der Waals surface area contributed by atoms with Crippen molar-refractivity contribution in [2.24, 2.45) is 0 Å². The monoisotopic (exact) mass is 242 g/mol. The van der Waals surface area contributed by atoms with Crippen molar-refractivity contribution in [3.63, 3.8) is 0 Å². The molecule has 3 rings (SSSR count). The molecule has 0 radical (unpaired) electrons. The van der Waals surface area contributed by atoms with Crippen molar-refractivity contribution in [2.45, 2.75) is 26.7 Å². The molecular formula is C13H14N4O. The highest BCUT2D eigenvalue weighted by Crippen LogP contribution is 2.22. The molecule has 3 aromatic heterocycles. The lowest BCUT2D eigenvalue weighted by atomic mass is 10.2. The van der Waals surface area contributed by atoms with Gasteiger partial charge in [-0.15, -0.1) is 0 Å². The molecule has 5 nitrogen and oxygen atoms in total. The van der Waals surface area contributed by atoms with Gasteiger partial charge in [-0.3, -0.25) is 0 Å². The van der Waals surface area contributed by atoms with Gasteiger partial charge in [0.15, 0.2) is 5.82 Å². The molecule has 0 N–H and O–H groups in total. The Hall–Kier alpha value is -2.17. The normalized spacial score (nSPS) is 11.6. The Morgan fingerprint density at radius 2 is 2.06 bits per heavy atom. The quantitative estimate of drug-likeness (QED) is 0.693. The van der Waals surface area contributed by atoms with Gasteiger partial charge in [0, 0.05) is 12.1 Å². The highest BCUT2D eigenvalue weighted by atomic mass is 16.4. The fourth-order valence-electron chi connectivity index (χ4n) is 1.79. The van der Waals surface area contributed by atoms with Gasteiger partial charge in [-0.1, -0.05) is 13.8 Å². The summed E-state index contributed by atoms with van der Waals surface area (Å²) in [5, 5.41) is 4.46. The minimum absolute atomic E-state index is 0.309. The van der Waals surface area contributed by atoms with E-state index in [2.05, 4.69) is 28.9 Å². The maximum absolute atomic E-state index is 5.50. The van der Waals surface area contributed by atoms with Gasteiger partial charge in [0.1, 0.15) is 5.76 Å². The number of fused-ring (bicyclic) bond motifs is 1. The first-order valence-electron chi connectivity index (χ1n) is 5.91. The predicted molar refractivity (Wildman–Crippen MR) is 67.3 cm³/mol. The summed E-state index contributed by atoms with van der Waals surface area (Å²) < 4.78 is 7.32. The first-order valence-corrected chi connectivity index (χ1v) is 5.91. The van der Waals surface area contributed by atoms with Gasteiger partial charge in [-0.25, -0.2) is 14.5 Å². The molecule has 3 aromatic rings. The number of rotatable bonds is 2. The van der Waals surface area contributed by atoms with E-state index in [-0.39, 0.29) is 0 Å². The van der Waals surface area contributed by atoms with Gasteiger partial charge in [0.2, 0.25) is 5.89 Å². The Bertz CT molecular complexity index is 696. The first kappa shape index (κ1) is 11.0. The summed E-state index contributed by atoms with van der Waals surface area (Å²) in [6.07, 6.45) is 5.44. The molecule has 0 saturated heterocycles. The molecule has 0 aromatic carbocycles. The Morgan fingerprint density at radius 3 is 2.72 bits per heavy atom. The molecule has 92 valence electrons. The summed E-state index contributed by atoms with van der Waals surface area (Å²) in [7, 11) is 0. The molecule has 18 heavy (non-hydrogen) atoms. The largest absolute Gasteiger partial charge is 0.441 e. The number of aromatic nitrogens is 4. The third-order valence-corrected chi connectivity index (χ3v) is 2.75. The van der Waals surface area contributed by atoms with Crippen molar-refractivity contribution < 1.29 is 4.42 Å². The molecular weight excluding hydrogens is 228 g/mol. The van der Waals surface area contributed by atoms with E-state index in [1.165, 1.54) is 0 Å². The average Bonchev–Trinajstić information content (AvgIpc) is 2.93. The molecule has 0 saturated carbocycles. The van der Waals surface area contributed by atoms with E-state index >= 15 is 0 Å². The summed E-state index contributed by atoms with van der Waals surface area (Å²) in [5.41, 5.74) is 1.85. The highest BCUT2D eigenvalue weighted by molar-refractivity contribution is 5.63. The SMILES string of the molecule is Cc1cnc(-c2cc3cnc(C(C)C)nn3c2)o1. The van der Waals surface area contributed by atoms with Crippen molar-refractivity contribution in [3.8, 4) is 11.5 Å². The van der Waals surface area contributed by atoms with Gasteiger partial charge < -0.3 is 4.42 Å². The topological polar surface area (TPSA) is 56.2 Å². The molecule has 0 aliphatic heterocycles. The fraction of sp³-hybridized carbons (Fsp3) is 0.308. The maximum Gasteiger partial charge on any atom is 0.227 e. The van der Waals surface area contributed by atoms with Crippen molar-refractivity contribution >= 4 is 5.52 Å². The van der Waals surface area contributed by atoms with E-state index in [9.17, 15) is 0 Å². The number of nitrogens with zero attached hydrogens (tertiary/aromatic N) is 4. The van der Waals surface area contributed by atoms with E-state index in [0.717, 1.165) is 22.7 Å². The number of aryl methyl sites for hydroxylation is 1. The van der Waals surface area contributed by atoms with Gasteiger partial charge in [-0.05, 0) is 13.0 Å². The lowest BCUT2D eigenvalue weighted by Crippen LogP contribution is -2.01. The van der Waals surface area contributed by atoms with Crippen molar-refractivity contribution in [1.82, 2.24) is 19.6 Å². The molecule has 0 atom stereocenters. The minimum Gasteiger partial charge on any atom is -0.441 e. The van der Waals surface area contributed by atoms with Gasteiger partial charge in [-0.2, -0.15) is 5.10 Å². The summed E-state index contributed by atoms with van der Waals surface area (Å²) >= 11 is 0. The van der Waals surface area contributed by atoms with Crippen molar-refractivity contribution in [2.75, 3.05) is 0 Å². The Morgan fingerprint density at radius 1 is 1.22 bits per heavy atom.